The normalized spacial score (nSPS) is 14.4. The molecule has 0 aromatic rings. The Morgan fingerprint density at radius 1 is 0.264 bits per heavy atom. The van der Waals surface area contributed by atoms with Crippen molar-refractivity contribution >= 4 is 0 Å². The predicted molar refractivity (Wildman–Crippen MR) is 242 cm³/mol. The van der Waals surface area contributed by atoms with E-state index in [0.717, 1.165) is 0 Å². The Bertz CT molecular complexity index is 721. The van der Waals surface area contributed by atoms with Gasteiger partial charge in [0.25, 0.3) is 0 Å². The fourth-order valence-electron chi connectivity index (χ4n) is 9.49. The first-order valence-corrected chi connectivity index (χ1v) is 25.4. The van der Waals surface area contributed by atoms with Gasteiger partial charge in [0.05, 0.1) is 0 Å². The van der Waals surface area contributed by atoms with Gasteiger partial charge in [0.2, 0.25) is 0 Å². The van der Waals surface area contributed by atoms with Gasteiger partial charge in [-0.25, -0.2) is 0 Å². The van der Waals surface area contributed by atoms with Crippen molar-refractivity contribution in [3.63, 3.8) is 0 Å². The largest absolute Gasteiger partial charge is 0.351 e. The fourth-order valence-corrected chi connectivity index (χ4v) is 9.49. The molecule has 316 valence electrons. The quantitative estimate of drug-likeness (QED) is 0.0575. The molecule has 0 aliphatic carbocycles. The first-order valence-electron chi connectivity index (χ1n) is 25.4. The number of rotatable bonds is 42. The summed E-state index contributed by atoms with van der Waals surface area (Å²) in [7, 11) is 0. The molecule has 0 aromatic heterocycles. The summed E-state index contributed by atoms with van der Waals surface area (Å²) in [6.07, 6.45) is 56.4. The Labute approximate surface area is 337 Å². The lowest BCUT2D eigenvalue weighted by atomic mass is 9.90. The van der Waals surface area contributed by atoms with Crippen molar-refractivity contribution in [1.29, 1.82) is 0 Å². The molecule has 0 saturated heterocycles. The SMILES string of the molecule is CCCCCCCCC1=C(CCCCCCCC)N(CCCCCCCC)C(CCCCCCCC)(CCCCCCCC)N1CCCCCCCC. The molecule has 0 radical (unpaired) electrons. The topological polar surface area (TPSA) is 6.48 Å². The summed E-state index contributed by atoms with van der Waals surface area (Å²) >= 11 is 0. The van der Waals surface area contributed by atoms with Crippen molar-refractivity contribution in [3.05, 3.63) is 11.4 Å². The molecular weight excluding hydrogens is 641 g/mol. The van der Waals surface area contributed by atoms with E-state index in [1.165, 1.54) is 270 Å². The average Bonchev–Trinajstić information content (AvgIpc) is 3.40. The van der Waals surface area contributed by atoms with Gasteiger partial charge in [-0.15, -0.1) is 0 Å². The van der Waals surface area contributed by atoms with Crippen molar-refractivity contribution < 1.29 is 0 Å². The highest BCUT2D eigenvalue weighted by Crippen LogP contribution is 2.48. The van der Waals surface area contributed by atoms with E-state index in [4.69, 9.17) is 0 Å². The van der Waals surface area contributed by atoms with Crippen LogP contribution in [-0.4, -0.2) is 28.6 Å². The summed E-state index contributed by atoms with van der Waals surface area (Å²) < 4.78 is 0. The van der Waals surface area contributed by atoms with Gasteiger partial charge in [-0.1, -0.05) is 234 Å². The van der Waals surface area contributed by atoms with Crippen LogP contribution in [0.3, 0.4) is 0 Å². The van der Waals surface area contributed by atoms with E-state index < -0.39 is 0 Å². The van der Waals surface area contributed by atoms with Crippen LogP contribution in [0.4, 0.5) is 0 Å². The van der Waals surface area contributed by atoms with Gasteiger partial charge in [-0.05, 0) is 64.2 Å². The summed E-state index contributed by atoms with van der Waals surface area (Å²) in [5.74, 6) is 0. The van der Waals surface area contributed by atoms with Crippen LogP contribution in [0, 0.1) is 0 Å². The fraction of sp³-hybridized carbons (Fsp3) is 0.961. The summed E-state index contributed by atoms with van der Waals surface area (Å²) in [4.78, 5) is 6.39. The molecule has 1 rings (SSSR count). The van der Waals surface area contributed by atoms with Crippen LogP contribution < -0.4 is 0 Å². The molecule has 1 heterocycles. The molecule has 0 fully saturated rings. The first kappa shape index (κ1) is 50.4. The van der Waals surface area contributed by atoms with Gasteiger partial charge in [-0.3, -0.25) is 0 Å². The zero-order valence-corrected chi connectivity index (χ0v) is 38.1. The molecule has 0 amide bonds. The highest BCUT2D eigenvalue weighted by molar-refractivity contribution is 5.25. The molecule has 0 saturated carbocycles. The van der Waals surface area contributed by atoms with E-state index in [1.54, 1.807) is 0 Å². The zero-order valence-electron chi connectivity index (χ0n) is 38.1. The van der Waals surface area contributed by atoms with E-state index in [-0.39, 0.29) is 5.66 Å². The van der Waals surface area contributed by atoms with Gasteiger partial charge < -0.3 is 9.80 Å². The Morgan fingerprint density at radius 2 is 0.491 bits per heavy atom. The second-order valence-electron chi connectivity index (χ2n) is 17.8. The molecule has 53 heavy (non-hydrogen) atoms. The van der Waals surface area contributed by atoms with E-state index in [2.05, 4.69) is 51.3 Å². The average molecular weight is 743 g/mol. The molecule has 0 unspecified atom stereocenters. The number of hydrogen-bond acceptors (Lipinski definition) is 2. The van der Waals surface area contributed by atoms with Gasteiger partial charge in [-0.2, -0.15) is 0 Å². The highest BCUT2D eigenvalue weighted by atomic mass is 15.5. The Morgan fingerprint density at radius 3 is 0.774 bits per heavy atom. The second kappa shape index (κ2) is 36.9. The van der Waals surface area contributed by atoms with Gasteiger partial charge in [0.1, 0.15) is 5.66 Å². The minimum Gasteiger partial charge on any atom is -0.351 e. The smallest absolute Gasteiger partial charge is 0.112 e. The number of unbranched alkanes of at least 4 members (excludes halogenated alkanes) is 30. The third kappa shape index (κ3) is 23.2. The van der Waals surface area contributed by atoms with Crippen LogP contribution in [-0.2, 0) is 0 Å². The summed E-state index contributed by atoms with van der Waals surface area (Å²) in [5.41, 5.74) is 3.94. The van der Waals surface area contributed by atoms with E-state index >= 15 is 0 Å². The maximum absolute atomic E-state index is 3.19. The van der Waals surface area contributed by atoms with Crippen molar-refractivity contribution in [2.24, 2.45) is 0 Å². The van der Waals surface area contributed by atoms with E-state index in [0.29, 0.717) is 0 Å². The van der Waals surface area contributed by atoms with Crippen LogP contribution in [0.15, 0.2) is 11.4 Å². The van der Waals surface area contributed by atoms with Crippen LogP contribution >= 0.6 is 0 Å². The summed E-state index contributed by atoms with van der Waals surface area (Å²) in [6, 6.07) is 0. The first-order chi connectivity index (χ1) is 26.2. The lowest BCUT2D eigenvalue weighted by Gasteiger charge is -2.49. The molecule has 2 nitrogen and oxygen atoms in total. The lowest BCUT2D eigenvalue weighted by Crippen LogP contribution is -2.55. The van der Waals surface area contributed by atoms with Crippen molar-refractivity contribution in [2.75, 3.05) is 13.1 Å². The third-order valence-electron chi connectivity index (χ3n) is 12.9. The Balaban J connectivity index is 3.55. The molecule has 1 aliphatic rings. The molecule has 0 spiro atoms. The van der Waals surface area contributed by atoms with Crippen LogP contribution in [0.5, 0.6) is 0 Å². The Hall–Kier alpha value is -0.660. The van der Waals surface area contributed by atoms with Gasteiger partial charge >= 0.3 is 0 Å². The van der Waals surface area contributed by atoms with Crippen LogP contribution in [0.1, 0.15) is 298 Å². The lowest BCUT2D eigenvalue weighted by molar-refractivity contribution is -0.00979. The summed E-state index contributed by atoms with van der Waals surface area (Å²) in [6.45, 7) is 16.8. The predicted octanol–water partition coefficient (Wildman–Crippen LogP) is 18.2. The van der Waals surface area contributed by atoms with Crippen molar-refractivity contribution in [3.8, 4) is 0 Å². The Kier molecular flexibility index (Phi) is 35.1. The van der Waals surface area contributed by atoms with E-state index in [1.807, 2.05) is 11.4 Å². The van der Waals surface area contributed by atoms with Crippen LogP contribution in [0.25, 0.3) is 0 Å². The molecule has 0 atom stereocenters. The van der Waals surface area contributed by atoms with E-state index in [9.17, 15) is 0 Å². The number of hydrogen-bond donors (Lipinski definition) is 0. The van der Waals surface area contributed by atoms with Crippen molar-refractivity contribution in [2.45, 2.75) is 304 Å². The molecule has 2 heteroatoms. The molecule has 1 aliphatic heterocycles. The number of allylic oxidation sites excluding steroid dienone is 2. The molecule has 0 bridgehead atoms. The van der Waals surface area contributed by atoms with Crippen LogP contribution in [0.2, 0.25) is 0 Å². The van der Waals surface area contributed by atoms with Gasteiger partial charge in [0, 0.05) is 24.5 Å². The standard InChI is InChI=1S/C51H102N2/c1-7-13-19-25-31-37-43-49-50(44-38-32-26-20-14-8-2)53(48-42-36-30-24-18-12-6)51(45-39-33-27-21-15-9-3,46-40-34-28-22-16-10-4)52(49)47-41-35-29-23-17-11-5/h7-48H2,1-6H3. The van der Waals surface area contributed by atoms with Gasteiger partial charge in [0.15, 0.2) is 0 Å². The zero-order chi connectivity index (χ0) is 38.5. The minimum atomic E-state index is 0.234. The monoisotopic (exact) mass is 743 g/mol. The summed E-state index contributed by atoms with van der Waals surface area (Å²) in [5, 5.41) is 0. The minimum absolute atomic E-state index is 0.234. The molecular formula is C51H102N2. The highest BCUT2D eigenvalue weighted by Gasteiger charge is 2.48. The van der Waals surface area contributed by atoms with Crippen molar-refractivity contribution in [1.82, 2.24) is 9.80 Å². The third-order valence-corrected chi connectivity index (χ3v) is 12.9. The second-order valence-corrected chi connectivity index (χ2v) is 17.8. The maximum Gasteiger partial charge on any atom is 0.112 e. The maximum atomic E-state index is 3.19. The number of nitrogens with zero attached hydrogens (tertiary/aromatic N) is 2. The molecule has 0 N–H and O–H groups in total. The molecule has 0 aromatic carbocycles.